The number of aromatic nitrogens is 2. The maximum atomic E-state index is 13.5. The Labute approximate surface area is 199 Å². The fourth-order valence-electron chi connectivity index (χ4n) is 4.95. The highest BCUT2D eigenvalue weighted by atomic mass is 35.5. The van der Waals surface area contributed by atoms with Gasteiger partial charge in [0.15, 0.2) is 0 Å². The van der Waals surface area contributed by atoms with Crippen LogP contribution in [0, 0.1) is 19.7 Å². The molecule has 2 aromatic carbocycles. The topological polar surface area (TPSA) is 64.2 Å². The van der Waals surface area contributed by atoms with Crippen molar-refractivity contribution in [3.63, 3.8) is 0 Å². The minimum Gasteiger partial charge on any atom is -0.369 e. The molecule has 1 fully saturated rings. The van der Waals surface area contributed by atoms with Crippen molar-refractivity contribution in [2.24, 2.45) is 5.73 Å². The number of hydrogen-bond donors (Lipinski definition) is 1. The van der Waals surface area contributed by atoms with Crippen LogP contribution >= 0.6 is 11.6 Å². The van der Waals surface area contributed by atoms with Crippen LogP contribution in [0.25, 0.3) is 0 Å². The molecule has 1 amide bonds. The van der Waals surface area contributed by atoms with E-state index in [1.165, 1.54) is 17.7 Å². The highest BCUT2D eigenvalue weighted by Gasteiger charge is 2.30. The number of halogens is 2. The molecule has 33 heavy (non-hydrogen) atoms. The Balaban J connectivity index is 1.50. The molecule has 1 aliphatic rings. The maximum absolute atomic E-state index is 13.5. The second kappa shape index (κ2) is 10.1. The van der Waals surface area contributed by atoms with Crippen LogP contribution in [0.2, 0.25) is 5.02 Å². The van der Waals surface area contributed by atoms with E-state index in [1.54, 1.807) is 6.07 Å². The van der Waals surface area contributed by atoms with E-state index in [-0.39, 0.29) is 6.04 Å². The van der Waals surface area contributed by atoms with Gasteiger partial charge in [0, 0.05) is 35.9 Å². The molecular formula is C26H30ClFN4O. The van der Waals surface area contributed by atoms with Crippen LogP contribution < -0.4 is 5.73 Å². The molecule has 5 nitrogen and oxygen atoms in total. The molecule has 0 bridgehead atoms. The zero-order valence-corrected chi connectivity index (χ0v) is 19.9. The second-order valence-electron chi connectivity index (χ2n) is 8.92. The van der Waals surface area contributed by atoms with Gasteiger partial charge in [0.05, 0.1) is 17.7 Å². The lowest BCUT2D eigenvalue weighted by Crippen LogP contribution is -2.34. The van der Waals surface area contributed by atoms with Gasteiger partial charge >= 0.3 is 0 Å². The van der Waals surface area contributed by atoms with Gasteiger partial charge in [0.1, 0.15) is 5.82 Å². The first-order valence-corrected chi connectivity index (χ1v) is 11.8. The maximum Gasteiger partial charge on any atom is 0.225 e. The third kappa shape index (κ3) is 5.28. The van der Waals surface area contributed by atoms with Crippen molar-refractivity contribution in [2.75, 3.05) is 13.1 Å². The number of benzene rings is 2. The smallest absolute Gasteiger partial charge is 0.225 e. The highest BCUT2D eigenvalue weighted by molar-refractivity contribution is 6.31. The molecule has 2 N–H and O–H groups in total. The molecule has 0 aliphatic carbocycles. The summed E-state index contributed by atoms with van der Waals surface area (Å²) in [6.45, 7) is 6.88. The van der Waals surface area contributed by atoms with E-state index in [1.807, 2.05) is 19.9 Å². The zero-order valence-electron chi connectivity index (χ0n) is 19.1. The van der Waals surface area contributed by atoms with Gasteiger partial charge in [-0.2, -0.15) is 5.10 Å². The molecule has 0 radical (unpaired) electrons. The first kappa shape index (κ1) is 23.5. The van der Waals surface area contributed by atoms with Gasteiger partial charge in [0.2, 0.25) is 5.91 Å². The van der Waals surface area contributed by atoms with E-state index < -0.39 is 17.6 Å². The van der Waals surface area contributed by atoms with E-state index in [2.05, 4.69) is 33.8 Å². The van der Waals surface area contributed by atoms with E-state index in [0.717, 1.165) is 49.4 Å². The van der Waals surface area contributed by atoms with E-state index in [4.69, 9.17) is 22.4 Å². The Kier molecular flexibility index (Phi) is 7.15. The molecule has 1 saturated heterocycles. The van der Waals surface area contributed by atoms with Crippen LogP contribution in [0.15, 0.2) is 48.5 Å². The third-order valence-electron chi connectivity index (χ3n) is 6.66. The lowest BCUT2D eigenvalue weighted by Gasteiger charge is -2.32. The molecule has 1 atom stereocenters. The summed E-state index contributed by atoms with van der Waals surface area (Å²) in [7, 11) is 0. The quantitative estimate of drug-likeness (QED) is 0.534. The average Bonchev–Trinajstić information content (AvgIpc) is 3.08. The largest absolute Gasteiger partial charge is 0.369 e. The van der Waals surface area contributed by atoms with Crippen LogP contribution in [0.5, 0.6) is 0 Å². The molecule has 1 aromatic heterocycles. The minimum absolute atomic E-state index is 0.285. The Bertz CT molecular complexity index is 1120. The first-order valence-electron chi connectivity index (χ1n) is 11.4. The molecule has 174 valence electrons. The second-order valence-corrected chi connectivity index (χ2v) is 9.32. The van der Waals surface area contributed by atoms with Crippen LogP contribution in [0.1, 0.15) is 52.9 Å². The standard InChI is InChI=1S/C26H30ClFN4O/c1-17-25(23(26(29)33)14-20-8-9-21(28)15-24(20)27)18(2)32(30-17)22-10-12-31(13-11-22)16-19-6-4-3-5-7-19/h3-9,15,22-23H,10-14,16H2,1-2H3,(H2,29,33). The number of primary amides is 1. The summed E-state index contributed by atoms with van der Waals surface area (Å²) in [6.07, 6.45) is 2.32. The number of nitrogens with two attached hydrogens (primary N) is 1. The fourth-order valence-corrected chi connectivity index (χ4v) is 5.20. The van der Waals surface area contributed by atoms with E-state index >= 15 is 0 Å². The number of piperidine rings is 1. The van der Waals surface area contributed by atoms with Gasteiger partial charge in [-0.25, -0.2) is 4.39 Å². The molecule has 3 aromatic rings. The molecule has 1 aliphatic heterocycles. The summed E-state index contributed by atoms with van der Waals surface area (Å²) < 4.78 is 15.5. The Hall–Kier alpha value is -2.70. The zero-order chi connectivity index (χ0) is 23.5. The molecule has 4 rings (SSSR count). The molecular weight excluding hydrogens is 439 g/mol. The number of amides is 1. The Morgan fingerprint density at radius 2 is 1.88 bits per heavy atom. The molecule has 7 heteroatoms. The van der Waals surface area contributed by atoms with Crippen molar-refractivity contribution in [3.05, 3.63) is 87.4 Å². The van der Waals surface area contributed by atoms with Crippen molar-refractivity contribution >= 4 is 17.5 Å². The van der Waals surface area contributed by atoms with Crippen LogP contribution in [-0.2, 0) is 17.8 Å². The summed E-state index contributed by atoms with van der Waals surface area (Å²) in [5.41, 5.74) is 10.5. The number of carbonyl (C=O) groups excluding carboxylic acids is 1. The molecule has 1 unspecified atom stereocenters. The lowest BCUT2D eigenvalue weighted by atomic mass is 9.89. The molecule has 2 heterocycles. The summed E-state index contributed by atoms with van der Waals surface area (Å²) in [4.78, 5) is 14.9. The normalized spacial score (nSPS) is 16.1. The number of rotatable bonds is 7. The number of likely N-dealkylation sites (tertiary alicyclic amines) is 1. The Morgan fingerprint density at radius 1 is 1.18 bits per heavy atom. The summed E-state index contributed by atoms with van der Waals surface area (Å²) >= 11 is 6.23. The van der Waals surface area contributed by atoms with Crippen molar-refractivity contribution in [1.82, 2.24) is 14.7 Å². The Morgan fingerprint density at radius 3 is 2.52 bits per heavy atom. The van der Waals surface area contributed by atoms with Crippen LogP contribution in [-0.4, -0.2) is 33.7 Å². The van der Waals surface area contributed by atoms with Crippen molar-refractivity contribution < 1.29 is 9.18 Å². The first-order chi connectivity index (χ1) is 15.8. The van der Waals surface area contributed by atoms with Crippen molar-refractivity contribution in [3.8, 4) is 0 Å². The summed E-state index contributed by atoms with van der Waals surface area (Å²) in [5.74, 6) is -1.41. The van der Waals surface area contributed by atoms with Crippen LogP contribution in [0.4, 0.5) is 4.39 Å². The van der Waals surface area contributed by atoms with Gasteiger partial charge in [0.25, 0.3) is 0 Å². The molecule has 0 spiro atoms. The predicted molar refractivity (Wildman–Crippen MR) is 129 cm³/mol. The molecule has 0 saturated carbocycles. The summed E-state index contributed by atoms with van der Waals surface area (Å²) in [5, 5.41) is 5.12. The van der Waals surface area contributed by atoms with Gasteiger partial charge < -0.3 is 5.73 Å². The number of nitrogens with zero attached hydrogens (tertiary/aromatic N) is 3. The van der Waals surface area contributed by atoms with E-state index in [0.29, 0.717) is 17.0 Å². The van der Waals surface area contributed by atoms with Crippen molar-refractivity contribution in [1.29, 1.82) is 0 Å². The average molecular weight is 469 g/mol. The van der Waals surface area contributed by atoms with Crippen molar-refractivity contribution in [2.45, 2.75) is 51.6 Å². The number of aryl methyl sites for hydroxylation is 1. The van der Waals surface area contributed by atoms with E-state index in [9.17, 15) is 9.18 Å². The fraction of sp³-hybridized carbons (Fsp3) is 0.385. The number of hydrogen-bond acceptors (Lipinski definition) is 3. The van der Waals surface area contributed by atoms with Crippen LogP contribution in [0.3, 0.4) is 0 Å². The van der Waals surface area contributed by atoms with Gasteiger partial charge in [-0.3, -0.25) is 14.4 Å². The highest BCUT2D eigenvalue weighted by Crippen LogP contribution is 2.33. The van der Waals surface area contributed by atoms with Gasteiger partial charge in [-0.1, -0.05) is 48.0 Å². The number of carbonyl (C=O) groups is 1. The predicted octanol–water partition coefficient (Wildman–Crippen LogP) is 4.94. The SMILES string of the molecule is Cc1nn(C2CCN(Cc3ccccc3)CC2)c(C)c1C(Cc1ccc(F)cc1Cl)C(N)=O. The van der Waals surface area contributed by atoms with Gasteiger partial charge in [-0.15, -0.1) is 0 Å². The van der Waals surface area contributed by atoms with Gasteiger partial charge in [-0.05, 0) is 56.4 Å². The monoisotopic (exact) mass is 468 g/mol. The lowest BCUT2D eigenvalue weighted by molar-refractivity contribution is -0.119. The summed E-state index contributed by atoms with van der Waals surface area (Å²) in [6, 6.07) is 15.0. The third-order valence-corrected chi connectivity index (χ3v) is 7.02. The minimum atomic E-state index is -0.570.